The summed E-state index contributed by atoms with van der Waals surface area (Å²) in [6, 6.07) is 12.8. The van der Waals surface area contributed by atoms with Crippen LogP contribution in [-0.4, -0.2) is 51.3 Å². The Balaban J connectivity index is 1.51. The van der Waals surface area contributed by atoms with E-state index < -0.39 is 0 Å². The highest BCUT2D eigenvalue weighted by Crippen LogP contribution is 2.34. The summed E-state index contributed by atoms with van der Waals surface area (Å²) in [6.45, 7) is 3.18. The molecular formula is C28H32N4OS. The van der Waals surface area contributed by atoms with Gasteiger partial charge in [0.15, 0.2) is 0 Å². The van der Waals surface area contributed by atoms with Gasteiger partial charge in [-0.25, -0.2) is 4.98 Å². The molecule has 2 aliphatic rings. The van der Waals surface area contributed by atoms with Gasteiger partial charge in [-0.05, 0) is 36.5 Å². The number of aromatic nitrogens is 2. The van der Waals surface area contributed by atoms with Gasteiger partial charge >= 0.3 is 0 Å². The number of hydrogen-bond donors (Lipinski definition) is 1. The number of pyridine rings is 1. The molecule has 1 aromatic carbocycles. The van der Waals surface area contributed by atoms with Gasteiger partial charge in [-0.2, -0.15) is 11.8 Å². The first-order valence-corrected chi connectivity index (χ1v) is 13.5. The van der Waals surface area contributed by atoms with Crippen LogP contribution in [0.4, 0.5) is 0 Å². The fourth-order valence-corrected chi connectivity index (χ4v) is 6.14. The first-order chi connectivity index (χ1) is 16.7. The van der Waals surface area contributed by atoms with E-state index in [4.69, 9.17) is 11.4 Å². The highest BCUT2D eigenvalue weighted by atomic mass is 32.2. The van der Waals surface area contributed by atoms with Crippen LogP contribution < -0.4 is 5.32 Å². The van der Waals surface area contributed by atoms with E-state index >= 15 is 0 Å². The van der Waals surface area contributed by atoms with Crippen LogP contribution in [0.3, 0.4) is 0 Å². The molecule has 2 aromatic heterocycles. The molecule has 0 spiro atoms. The van der Waals surface area contributed by atoms with Crippen molar-refractivity contribution in [2.45, 2.75) is 44.6 Å². The third-order valence-corrected chi connectivity index (χ3v) is 8.01. The van der Waals surface area contributed by atoms with Crippen molar-refractivity contribution >= 4 is 23.3 Å². The number of hydrogen-bond acceptors (Lipinski definition) is 4. The van der Waals surface area contributed by atoms with Gasteiger partial charge in [0.05, 0.1) is 23.5 Å². The molecule has 1 amide bonds. The fourth-order valence-electron chi connectivity index (χ4n) is 5.16. The quantitative estimate of drug-likeness (QED) is 0.515. The molecule has 2 fully saturated rings. The molecule has 1 N–H and O–H groups in total. The maximum atomic E-state index is 12.6. The lowest BCUT2D eigenvalue weighted by molar-refractivity contribution is 0.0958. The van der Waals surface area contributed by atoms with E-state index in [0.717, 1.165) is 53.7 Å². The summed E-state index contributed by atoms with van der Waals surface area (Å²) in [7, 11) is 0. The summed E-state index contributed by atoms with van der Waals surface area (Å²) in [4.78, 5) is 20.1. The number of benzene rings is 1. The van der Waals surface area contributed by atoms with Gasteiger partial charge in [0.25, 0.3) is 5.91 Å². The summed E-state index contributed by atoms with van der Waals surface area (Å²) < 4.78 is 2.09. The van der Waals surface area contributed by atoms with Crippen molar-refractivity contribution < 1.29 is 4.79 Å². The van der Waals surface area contributed by atoms with Crippen molar-refractivity contribution in [2.75, 3.05) is 31.1 Å². The van der Waals surface area contributed by atoms with E-state index in [-0.39, 0.29) is 12.5 Å². The molecule has 176 valence electrons. The second kappa shape index (κ2) is 10.7. The number of fused-ring (bicyclic) bond motifs is 1. The van der Waals surface area contributed by atoms with Gasteiger partial charge in [0.2, 0.25) is 0 Å². The van der Waals surface area contributed by atoms with E-state index in [0.29, 0.717) is 11.5 Å². The summed E-state index contributed by atoms with van der Waals surface area (Å²) in [5.74, 6) is 5.31. The SMILES string of the molecule is C#CCNC(=O)c1ccc2nc(-c3ccc(C4CCCCC4)cc3)c(CN3CCSCC3)n2c1. The van der Waals surface area contributed by atoms with Crippen molar-refractivity contribution in [1.29, 1.82) is 0 Å². The van der Waals surface area contributed by atoms with Crippen LogP contribution in [0.2, 0.25) is 0 Å². The zero-order valence-electron chi connectivity index (χ0n) is 19.6. The first kappa shape index (κ1) is 23.0. The van der Waals surface area contributed by atoms with Crippen molar-refractivity contribution in [2.24, 2.45) is 0 Å². The summed E-state index contributed by atoms with van der Waals surface area (Å²) in [5.41, 5.74) is 6.20. The maximum Gasteiger partial charge on any atom is 0.253 e. The molecule has 5 rings (SSSR count). The Bertz CT molecular complexity index is 1180. The minimum absolute atomic E-state index is 0.160. The molecule has 1 aliphatic carbocycles. The predicted molar refractivity (Wildman–Crippen MR) is 140 cm³/mol. The van der Waals surface area contributed by atoms with Crippen LogP contribution in [-0.2, 0) is 6.54 Å². The summed E-state index contributed by atoms with van der Waals surface area (Å²) >= 11 is 2.01. The highest BCUT2D eigenvalue weighted by Gasteiger charge is 2.21. The lowest BCUT2D eigenvalue weighted by Crippen LogP contribution is -2.32. The molecule has 1 saturated carbocycles. The van der Waals surface area contributed by atoms with Gasteiger partial charge in [0.1, 0.15) is 5.65 Å². The van der Waals surface area contributed by atoms with Crippen molar-refractivity contribution in [1.82, 2.24) is 19.6 Å². The normalized spacial score (nSPS) is 17.5. The molecule has 0 bridgehead atoms. The topological polar surface area (TPSA) is 49.6 Å². The lowest BCUT2D eigenvalue weighted by Gasteiger charge is -2.26. The molecule has 0 atom stereocenters. The fraction of sp³-hybridized carbons (Fsp3) is 0.429. The number of amides is 1. The van der Waals surface area contributed by atoms with Crippen LogP contribution in [0.15, 0.2) is 42.6 Å². The Morgan fingerprint density at radius 3 is 2.59 bits per heavy atom. The average molecular weight is 473 g/mol. The van der Waals surface area contributed by atoms with Gasteiger partial charge in [-0.15, -0.1) is 6.42 Å². The molecule has 3 heterocycles. The molecule has 1 aliphatic heterocycles. The number of nitrogens with zero attached hydrogens (tertiary/aromatic N) is 3. The molecule has 1 saturated heterocycles. The Kier molecular flexibility index (Phi) is 7.22. The number of terminal acetylenes is 1. The van der Waals surface area contributed by atoms with Crippen LogP contribution in [0.1, 0.15) is 59.6 Å². The number of thioether (sulfide) groups is 1. The van der Waals surface area contributed by atoms with Gasteiger partial charge in [-0.3, -0.25) is 9.69 Å². The molecule has 0 radical (unpaired) electrons. The summed E-state index contributed by atoms with van der Waals surface area (Å²) in [5, 5.41) is 2.77. The zero-order chi connectivity index (χ0) is 23.3. The number of nitrogens with one attached hydrogen (secondary N) is 1. The molecule has 5 nitrogen and oxygen atoms in total. The Hall–Kier alpha value is -2.75. The third-order valence-electron chi connectivity index (χ3n) is 7.07. The van der Waals surface area contributed by atoms with Gasteiger partial charge in [0, 0.05) is 42.9 Å². The van der Waals surface area contributed by atoms with Crippen LogP contribution in [0.25, 0.3) is 16.9 Å². The highest BCUT2D eigenvalue weighted by molar-refractivity contribution is 7.99. The van der Waals surface area contributed by atoms with E-state index in [1.807, 2.05) is 30.1 Å². The van der Waals surface area contributed by atoms with Crippen LogP contribution in [0.5, 0.6) is 0 Å². The first-order valence-electron chi connectivity index (χ1n) is 12.4. The van der Waals surface area contributed by atoms with Crippen molar-refractivity contribution in [3.05, 3.63) is 59.4 Å². The number of carbonyl (C=O) groups excluding carboxylic acids is 1. The molecule has 34 heavy (non-hydrogen) atoms. The molecule has 6 heteroatoms. The average Bonchev–Trinajstić information content (AvgIpc) is 3.26. The molecule has 0 unspecified atom stereocenters. The zero-order valence-corrected chi connectivity index (χ0v) is 20.4. The maximum absolute atomic E-state index is 12.6. The van der Waals surface area contributed by atoms with Crippen LogP contribution >= 0.6 is 11.8 Å². The Labute approximate surface area is 206 Å². The van der Waals surface area contributed by atoms with E-state index in [1.165, 1.54) is 37.7 Å². The number of imidazole rings is 1. The van der Waals surface area contributed by atoms with Crippen molar-refractivity contribution in [3.63, 3.8) is 0 Å². The standard InChI is InChI=1S/C28H32N4OS/c1-2-14-29-28(33)24-12-13-26-30-27(25(32(26)19-24)20-31-15-17-34-18-16-31)23-10-8-22(9-11-23)21-6-4-3-5-7-21/h1,8-13,19,21H,3-7,14-18,20H2,(H,29,33). The summed E-state index contributed by atoms with van der Waals surface area (Å²) in [6.07, 6.45) is 13.9. The Morgan fingerprint density at radius 2 is 1.85 bits per heavy atom. The minimum Gasteiger partial charge on any atom is -0.341 e. The monoisotopic (exact) mass is 472 g/mol. The largest absolute Gasteiger partial charge is 0.341 e. The van der Waals surface area contributed by atoms with Gasteiger partial charge in [-0.1, -0.05) is 49.4 Å². The second-order valence-corrected chi connectivity index (χ2v) is 10.5. The van der Waals surface area contributed by atoms with Crippen LogP contribution in [0, 0.1) is 12.3 Å². The smallest absolute Gasteiger partial charge is 0.253 e. The van der Waals surface area contributed by atoms with E-state index in [2.05, 4.69) is 44.8 Å². The van der Waals surface area contributed by atoms with E-state index in [1.54, 1.807) is 0 Å². The number of rotatable bonds is 6. The minimum atomic E-state index is -0.160. The number of carbonyl (C=O) groups is 1. The van der Waals surface area contributed by atoms with Gasteiger partial charge < -0.3 is 9.72 Å². The second-order valence-electron chi connectivity index (χ2n) is 9.29. The molecule has 3 aromatic rings. The van der Waals surface area contributed by atoms with Crippen molar-refractivity contribution in [3.8, 4) is 23.6 Å². The van der Waals surface area contributed by atoms with E-state index in [9.17, 15) is 4.79 Å². The Morgan fingerprint density at radius 1 is 1.09 bits per heavy atom. The molecular weight excluding hydrogens is 440 g/mol. The predicted octanol–water partition coefficient (Wildman–Crippen LogP) is 4.96. The third kappa shape index (κ3) is 5.01. The lowest BCUT2D eigenvalue weighted by atomic mass is 9.84.